The predicted molar refractivity (Wildman–Crippen MR) is 83.9 cm³/mol. The van der Waals surface area contributed by atoms with E-state index in [0.29, 0.717) is 12.0 Å². The summed E-state index contributed by atoms with van der Waals surface area (Å²) in [5.74, 6) is -0.143. The van der Waals surface area contributed by atoms with Crippen LogP contribution in [0.25, 0.3) is 10.9 Å². The highest BCUT2D eigenvalue weighted by Gasteiger charge is 2.08. The fourth-order valence-corrected chi connectivity index (χ4v) is 2.05. The zero-order valence-corrected chi connectivity index (χ0v) is 12.9. The number of nitrogens with one attached hydrogen (secondary N) is 1. The maximum absolute atomic E-state index is 11.9. The fourth-order valence-electron chi connectivity index (χ4n) is 2.05. The van der Waals surface area contributed by atoms with Crippen molar-refractivity contribution in [2.24, 2.45) is 5.92 Å². The number of aryl methyl sites for hydroxylation is 2. The number of nitrogens with zero attached hydrogens (tertiary/aromatic N) is 1. The van der Waals surface area contributed by atoms with Gasteiger partial charge in [-0.05, 0) is 61.9 Å². The Balaban J connectivity index is 0.000000956. The van der Waals surface area contributed by atoms with Crippen LogP contribution in [0, 0.1) is 31.1 Å². The first kappa shape index (κ1) is 16.0. The number of hydrogen-bond acceptors (Lipinski definition) is 2. The molecule has 0 aliphatic carbocycles. The van der Waals surface area contributed by atoms with Crippen molar-refractivity contribution in [1.29, 1.82) is 5.26 Å². The van der Waals surface area contributed by atoms with Crippen LogP contribution in [0.3, 0.4) is 0 Å². The second-order valence-corrected chi connectivity index (χ2v) is 4.88. The molecule has 3 heteroatoms. The minimum atomic E-state index is -0.143. The molecular formula is C17H22N2O. The minimum absolute atomic E-state index is 0.0900. The van der Waals surface area contributed by atoms with Crippen molar-refractivity contribution in [3.05, 3.63) is 45.2 Å². The highest BCUT2D eigenvalue weighted by Crippen LogP contribution is 2.18. The van der Waals surface area contributed by atoms with Crippen molar-refractivity contribution in [1.82, 2.24) is 4.98 Å². The summed E-state index contributed by atoms with van der Waals surface area (Å²) in [6.45, 7) is 9.90. The molecule has 0 spiro atoms. The molecular weight excluding hydrogens is 248 g/mol. The summed E-state index contributed by atoms with van der Waals surface area (Å²) in [6, 6.07) is 8.11. The van der Waals surface area contributed by atoms with E-state index in [1.807, 2.05) is 39.8 Å². The Bertz CT molecular complexity index is 692. The second-order valence-electron chi connectivity index (χ2n) is 4.88. The Labute approximate surface area is 120 Å². The number of fused-ring (bicyclic) bond motifs is 1. The van der Waals surface area contributed by atoms with Gasteiger partial charge in [0.25, 0.3) is 5.56 Å². The Morgan fingerprint density at radius 3 is 2.40 bits per heavy atom. The van der Waals surface area contributed by atoms with Crippen LogP contribution in [0.4, 0.5) is 0 Å². The van der Waals surface area contributed by atoms with E-state index in [-0.39, 0.29) is 11.5 Å². The van der Waals surface area contributed by atoms with Crippen molar-refractivity contribution in [3.63, 3.8) is 0 Å². The molecule has 1 N–H and O–H groups in total. The first-order valence-electron chi connectivity index (χ1n) is 7.04. The number of hydrogen-bond donors (Lipinski definition) is 1. The van der Waals surface area contributed by atoms with Gasteiger partial charge in [0.05, 0.1) is 6.07 Å². The van der Waals surface area contributed by atoms with Gasteiger partial charge in [0.1, 0.15) is 0 Å². The Morgan fingerprint density at radius 1 is 1.20 bits per heavy atom. The molecule has 0 radical (unpaired) electrons. The molecule has 1 aromatic carbocycles. The van der Waals surface area contributed by atoms with Gasteiger partial charge in [0.15, 0.2) is 0 Å². The molecule has 1 atom stereocenters. The SMILES string of the molecule is CC.Cc1cc2cc(C[C@H](C)C#N)c(=O)[nH]c2cc1C. The number of H-pyrrole nitrogens is 1. The van der Waals surface area contributed by atoms with E-state index in [2.05, 4.69) is 24.0 Å². The molecule has 0 aliphatic rings. The third kappa shape index (κ3) is 3.48. The standard InChI is InChI=1S/C15H16N2O.C2H6/c1-9(8-16)4-13-7-12-5-10(2)11(3)6-14(12)17-15(13)18;1-2/h5-7,9H,4H2,1-3H3,(H,17,18);1-2H3/t9-;/m0./s1. The Morgan fingerprint density at radius 2 is 1.80 bits per heavy atom. The van der Waals surface area contributed by atoms with Crippen LogP contribution >= 0.6 is 0 Å². The van der Waals surface area contributed by atoms with Crippen LogP contribution in [0.1, 0.15) is 37.5 Å². The number of aromatic amines is 1. The second kappa shape index (κ2) is 6.91. The van der Waals surface area contributed by atoms with E-state index in [4.69, 9.17) is 5.26 Å². The largest absolute Gasteiger partial charge is 0.322 e. The lowest BCUT2D eigenvalue weighted by molar-refractivity contribution is 0.732. The van der Waals surface area contributed by atoms with E-state index < -0.39 is 0 Å². The molecule has 0 aliphatic heterocycles. The zero-order valence-electron chi connectivity index (χ0n) is 12.9. The fraction of sp³-hybridized carbons (Fsp3) is 0.412. The van der Waals surface area contributed by atoms with Crippen molar-refractivity contribution >= 4 is 10.9 Å². The van der Waals surface area contributed by atoms with E-state index in [1.54, 1.807) is 0 Å². The number of pyridine rings is 1. The normalized spacial score (nSPS) is 11.4. The van der Waals surface area contributed by atoms with Crippen LogP contribution < -0.4 is 5.56 Å². The van der Waals surface area contributed by atoms with Crippen LogP contribution in [-0.2, 0) is 6.42 Å². The predicted octanol–water partition coefficient (Wildman–Crippen LogP) is 3.87. The van der Waals surface area contributed by atoms with Crippen LogP contribution in [0.2, 0.25) is 0 Å². The summed E-state index contributed by atoms with van der Waals surface area (Å²) < 4.78 is 0. The van der Waals surface area contributed by atoms with Crippen LogP contribution in [0.5, 0.6) is 0 Å². The van der Waals surface area contributed by atoms with Gasteiger partial charge in [-0.25, -0.2) is 0 Å². The van der Waals surface area contributed by atoms with Crippen molar-refractivity contribution in [2.45, 2.75) is 41.0 Å². The maximum atomic E-state index is 11.9. The van der Waals surface area contributed by atoms with E-state index >= 15 is 0 Å². The average molecular weight is 270 g/mol. The lowest BCUT2D eigenvalue weighted by atomic mass is 10.0. The summed E-state index contributed by atoms with van der Waals surface area (Å²) in [7, 11) is 0. The van der Waals surface area contributed by atoms with Gasteiger partial charge in [-0.2, -0.15) is 5.26 Å². The number of benzene rings is 1. The minimum Gasteiger partial charge on any atom is -0.322 e. The van der Waals surface area contributed by atoms with Gasteiger partial charge >= 0.3 is 0 Å². The van der Waals surface area contributed by atoms with Crippen LogP contribution in [0.15, 0.2) is 23.0 Å². The molecule has 0 fully saturated rings. The molecule has 0 amide bonds. The molecule has 1 aromatic heterocycles. The lowest BCUT2D eigenvalue weighted by Gasteiger charge is -2.07. The lowest BCUT2D eigenvalue weighted by Crippen LogP contribution is -2.14. The Hall–Kier alpha value is -2.08. The molecule has 0 unspecified atom stereocenters. The third-order valence-electron chi connectivity index (χ3n) is 3.28. The quantitative estimate of drug-likeness (QED) is 0.900. The first-order chi connectivity index (χ1) is 9.51. The highest BCUT2D eigenvalue weighted by atomic mass is 16.1. The smallest absolute Gasteiger partial charge is 0.251 e. The molecule has 2 aromatic rings. The number of aromatic nitrogens is 1. The molecule has 3 nitrogen and oxygen atoms in total. The van der Waals surface area contributed by atoms with E-state index in [9.17, 15) is 4.79 Å². The van der Waals surface area contributed by atoms with Gasteiger partial charge in [-0.1, -0.05) is 13.8 Å². The Kier molecular flexibility index (Phi) is 5.52. The van der Waals surface area contributed by atoms with Gasteiger partial charge < -0.3 is 4.98 Å². The molecule has 2 rings (SSSR count). The average Bonchev–Trinajstić information content (AvgIpc) is 2.44. The summed E-state index contributed by atoms with van der Waals surface area (Å²) in [5, 5.41) is 9.84. The summed E-state index contributed by atoms with van der Waals surface area (Å²) in [6.07, 6.45) is 0.495. The number of nitriles is 1. The van der Waals surface area contributed by atoms with Gasteiger partial charge in [0.2, 0.25) is 0 Å². The molecule has 1 heterocycles. The summed E-state index contributed by atoms with van der Waals surface area (Å²) in [5.41, 5.74) is 3.81. The molecule has 0 bridgehead atoms. The molecule has 106 valence electrons. The topological polar surface area (TPSA) is 56.6 Å². The van der Waals surface area contributed by atoms with Gasteiger partial charge in [0, 0.05) is 17.0 Å². The van der Waals surface area contributed by atoms with Crippen molar-refractivity contribution in [2.75, 3.05) is 0 Å². The van der Waals surface area contributed by atoms with E-state index in [0.717, 1.165) is 16.5 Å². The highest BCUT2D eigenvalue weighted by molar-refractivity contribution is 5.80. The maximum Gasteiger partial charge on any atom is 0.251 e. The molecule has 0 saturated carbocycles. The number of rotatable bonds is 2. The van der Waals surface area contributed by atoms with Crippen molar-refractivity contribution < 1.29 is 0 Å². The molecule has 20 heavy (non-hydrogen) atoms. The molecule has 0 saturated heterocycles. The third-order valence-corrected chi connectivity index (χ3v) is 3.28. The van der Waals surface area contributed by atoms with Crippen molar-refractivity contribution in [3.8, 4) is 6.07 Å². The van der Waals surface area contributed by atoms with E-state index in [1.165, 1.54) is 5.56 Å². The first-order valence-corrected chi connectivity index (χ1v) is 7.04. The zero-order chi connectivity index (χ0) is 15.3. The monoisotopic (exact) mass is 270 g/mol. The summed E-state index contributed by atoms with van der Waals surface area (Å²) >= 11 is 0. The summed E-state index contributed by atoms with van der Waals surface area (Å²) in [4.78, 5) is 14.8. The van der Waals surface area contributed by atoms with Gasteiger partial charge in [-0.15, -0.1) is 0 Å². The van der Waals surface area contributed by atoms with Crippen LogP contribution in [-0.4, -0.2) is 4.98 Å². The van der Waals surface area contributed by atoms with Gasteiger partial charge in [-0.3, -0.25) is 4.79 Å².